The van der Waals surface area contributed by atoms with Gasteiger partial charge < -0.3 is 15.2 Å². The lowest BCUT2D eigenvalue weighted by Gasteiger charge is -2.31. The Bertz CT molecular complexity index is 820. The minimum Gasteiger partial charge on any atom is -0.496 e. The fourth-order valence-corrected chi connectivity index (χ4v) is 3.48. The monoisotopic (exact) mass is 399 g/mol. The first-order chi connectivity index (χ1) is 14.2. The van der Waals surface area contributed by atoms with Gasteiger partial charge in [0.15, 0.2) is 5.69 Å². The van der Waals surface area contributed by atoms with Crippen LogP contribution in [0, 0.1) is 0 Å². The van der Waals surface area contributed by atoms with Crippen molar-refractivity contribution in [2.75, 3.05) is 39.9 Å². The Morgan fingerprint density at radius 2 is 2.28 bits per heavy atom. The molecule has 3 rings (SSSR count). The smallest absolute Gasteiger partial charge is 0.273 e. The molecule has 1 saturated heterocycles. The van der Waals surface area contributed by atoms with Crippen LogP contribution in [0.5, 0.6) is 5.75 Å². The van der Waals surface area contributed by atoms with Crippen molar-refractivity contribution in [3.8, 4) is 5.75 Å². The molecule has 1 aromatic carbocycles. The number of aliphatic hydroxyl groups is 1. The molecule has 156 valence electrons. The average Bonchev–Trinajstić information content (AvgIpc) is 3.25. The van der Waals surface area contributed by atoms with Gasteiger partial charge in [0.05, 0.1) is 19.3 Å². The third-order valence-electron chi connectivity index (χ3n) is 5.02. The summed E-state index contributed by atoms with van der Waals surface area (Å²) in [5, 5.41) is 19.7. The quantitative estimate of drug-likeness (QED) is 0.624. The van der Waals surface area contributed by atoms with Crippen LogP contribution in [0.2, 0.25) is 0 Å². The molecule has 8 nitrogen and oxygen atoms in total. The first-order valence-electron chi connectivity index (χ1n) is 10.0. The topological polar surface area (TPSA) is 92.5 Å². The van der Waals surface area contributed by atoms with E-state index in [9.17, 15) is 4.79 Å². The fourth-order valence-electron chi connectivity index (χ4n) is 3.48. The fraction of sp³-hybridized carbons (Fsp3) is 0.476. The van der Waals surface area contributed by atoms with E-state index >= 15 is 0 Å². The maximum Gasteiger partial charge on any atom is 0.273 e. The van der Waals surface area contributed by atoms with Crippen LogP contribution in [-0.4, -0.2) is 70.8 Å². The summed E-state index contributed by atoms with van der Waals surface area (Å²) < 4.78 is 7.19. The van der Waals surface area contributed by atoms with Gasteiger partial charge in [-0.3, -0.25) is 9.69 Å². The van der Waals surface area contributed by atoms with E-state index in [1.54, 1.807) is 18.0 Å². The van der Waals surface area contributed by atoms with Gasteiger partial charge in [0.2, 0.25) is 0 Å². The zero-order valence-electron chi connectivity index (χ0n) is 16.8. The molecule has 0 bridgehead atoms. The minimum atomic E-state index is -0.253. The summed E-state index contributed by atoms with van der Waals surface area (Å²) in [5.74, 6) is 0.616. The van der Waals surface area contributed by atoms with E-state index < -0.39 is 0 Å². The highest BCUT2D eigenvalue weighted by Crippen LogP contribution is 2.22. The Morgan fingerprint density at radius 3 is 3.10 bits per heavy atom. The maximum absolute atomic E-state index is 12.1. The predicted molar refractivity (Wildman–Crippen MR) is 111 cm³/mol. The van der Waals surface area contributed by atoms with Crippen LogP contribution in [-0.2, 0) is 0 Å². The minimum absolute atomic E-state index is 0.0520. The second-order valence-corrected chi connectivity index (χ2v) is 7.12. The van der Waals surface area contributed by atoms with Crippen molar-refractivity contribution in [3.05, 3.63) is 47.8 Å². The molecule has 1 fully saturated rings. The zero-order chi connectivity index (χ0) is 20.5. The second kappa shape index (κ2) is 10.7. The number of ether oxygens (including phenoxy) is 1. The number of piperidine rings is 1. The first kappa shape index (κ1) is 21.0. The number of aliphatic hydroxyl groups excluding tert-OH is 1. The van der Waals surface area contributed by atoms with Crippen molar-refractivity contribution in [2.24, 2.45) is 0 Å². The summed E-state index contributed by atoms with van der Waals surface area (Å²) in [7, 11) is 1.68. The van der Waals surface area contributed by atoms with E-state index in [1.807, 2.05) is 24.3 Å². The lowest BCUT2D eigenvalue weighted by Crippen LogP contribution is -2.36. The summed E-state index contributed by atoms with van der Waals surface area (Å²) in [6, 6.07) is 8.16. The van der Waals surface area contributed by atoms with Crippen molar-refractivity contribution in [1.29, 1.82) is 0 Å². The van der Waals surface area contributed by atoms with Crippen molar-refractivity contribution < 1.29 is 14.6 Å². The number of nitrogens with zero attached hydrogens (tertiary/aromatic N) is 4. The van der Waals surface area contributed by atoms with Crippen LogP contribution < -0.4 is 10.1 Å². The number of likely N-dealkylation sites (tertiary alicyclic amines) is 1. The summed E-state index contributed by atoms with van der Waals surface area (Å²) in [5.41, 5.74) is 1.38. The molecule has 0 saturated carbocycles. The highest BCUT2D eigenvalue weighted by molar-refractivity contribution is 5.91. The van der Waals surface area contributed by atoms with Crippen molar-refractivity contribution in [1.82, 2.24) is 25.2 Å². The van der Waals surface area contributed by atoms with Gasteiger partial charge in [-0.15, -0.1) is 5.10 Å². The number of nitrogens with one attached hydrogen (secondary N) is 1. The number of carbonyl (C=O) groups is 1. The molecular weight excluding hydrogens is 370 g/mol. The van der Waals surface area contributed by atoms with Crippen molar-refractivity contribution in [3.63, 3.8) is 0 Å². The van der Waals surface area contributed by atoms with Crippen LogP contribution in [0.25, 0.3) is 6.08 Å². The molecule has 0 radical (unpaired) electrons. The molecule has 0 aliphatic carbocycles. The van der Waals surface area contributed by atoms with E-state index in [1.165, 1.54) is 0 Å². The molecule has 0 spiro atoms. The van der Waals surface area contributed by atoms with E-state index in [-0.39, 0.29) is 18.6 Å². The van der Waals surface area contributed by atoms with E-state index in [2.05, 4.69) is 32.7 Å². The maximum atomic E-state index is 12.1. The number of carbonyl (C=O) groups excluding carboxylic acids is 1. The van der Waals surface area contributed by atoms with Gasteiger partial charge in [-0.25, -0.2) is 4.68 Å². The Labute approximate surface area is 171 Å². The predicted octanol–water partition coefficient (Wildman–Crippen LogP) is 1.75. The lowest BCUT2D eigenvalue weighted by molar-refractivity contribution is 0.0946. The Kier molecular flexibility index (Phi) is 7.77. The van der Waals surface area contributed by atoms with E-state index in [0.717, 1.165) is 43.8 Å². The number of hydrogen-bond donors (Lipinski definition) is 2. The van der Waals surface area contributed by atoms with E-state index in [4.69, 9.17) is 9.84 Å². The van der Waals surface area contributed by atoms with Crippen LogP contribution in [0.1, 0.15) is 41.4 Å². The molecule has 2 heterocycles. The number of methoxy groups -OCH3 is 1. The van der Waals surface area contributed by atoms with Crippen LogP contribution in [0.15, 0.2) is 36.5 Å². The van der Waals surface area contributed by atoms with Crippen LogP contribution >= 0.6 is 0 Å². The summed E-state index contributed by atoms with van der Waals surface area (Å²) in [6.07, 6.45) is 8.58. The number of hydrogen-bond acceptors (Lipinski definition) is 6. The standard InChI is InChI=1S/C21H29N5O3/c1-29-20-10-3-2-7-17(20)8-4-12-25-13-5-9-18(15-25)26-16-19(23-24-26)21(28)22-11-6-14-27/h2-4,7-8,10,16,18,27H,5-6,9,11-15H2,1H3,(H,22,28). The highest BCUT2D eigenvalue weighted by Gasteiger charge is 2.22. The van der Waals surface area contributed by atoms with Crippen LogP contribution in [0.4, 0.5) is 0 Å². The first-order valence-corrected chi connectivity index (χ1v) is 10.0. The van der Waals surface area contributed by atoms with Gasteiger partial charge in [0.25, 0.3) is 5.91 Å². The molecule has 1 aliphatic rings. The number of amides is 1. The number of para-hydroxylation sites is 1. The molecule has 1 aromatic heterocycles. The van der Waals surface area contributed by atoms with Gasteiger partial charge >= 0.3 is 0 Å². The van der Waals surface area contributed by atoms with Crippen molar-refractivity contribution >= 4 is 12.0 Å². The third kappa shape index (κ3) is 5.88. The molecule has 1 unspecified atom stereocenters. The summed E-state index contributed by atoms with van der Waals surface area (Å²) in [4.78, 5) is 14.4. The largest absolute Gasteiger partial charge is 0.496 e. The molecule has 29 heavy (non-hydrogen) atoms. The number of rotatable bonds is 9. The van der Waals surface area contributed by atoms with Crippen LogP contribution in [0.3, 0.4) is 0 Å². The lowest BCUT2D eigenvalue weighted by atomic mass is 10.1. The highest BCUT2D eigenvalue weighted by atomic mass is 16.5. The molecular formula is C21H29N5O3. The third-order valence-corrected chi connectivity index (χ3v) is 5.02. The SMILES string of the molecule is COc1ccccc1C=CCN1CCCC(n2cc(C(=O)NCCCO)nn2)C1. The zero-order valence-corrected chi connectivity index (χ0v) is 16.8. The summed E-state index contributed by atoms with van der Waals surface area (Å²) in [6.45, 7) is 3.23. The van der Waals surface area contributed by atoms with Gasteiger partial charge in [0.1, 0.15) is 5.75 Å². The Morgan fingerprint density at radius 1 is 1.41 bits per heavy atom. The molecule has 1 amide bonds. The van der Waals surface area contributed by atoms with Crippen molar-refractivity contribution in [2.45, 2.75) is 25.3 Å². The average molecular weight is 399 g/mol. The normalized spacial score (nSPS) is 17.5. The van der Waals surface area contributed by atoms with Gasteiger partial charge in [-0.1, -0.05) is 35.6 Å². The molecule has 1 atom stereocenters. The molecule has 1 aliphatic heterocycles. The Balaban J connectivity index is 1.54. The second-order valence-electron chi connectivity index (χ2n) is 7.12. The number of aromatic nitrogens is 3. The molecule has 2 aromatic rings. The molecule has 8 heteroatoms. The van der Waals surface area contributed by atoms with Gasteiger partial charge in [-0.2, -0.15) is 0 Å². The van der Waals surface area contributed by atoms with E-state index in [0.29, 0.717) is 18.7 Å². The van der Waals surface area contributed by atoms with Gasteiger partial charge in [-0.05, 0) is 31.9 Å². The molecule has 2 N–H and O–H groups in total. The van der Waals surface area contributed by atoms with Gasteiger partial charge in [0, 0.05) is 31.8 Å². The Hall–Kier alpha value is -2.71. The number of benzene rings is 1. The summed E-state index contributed by atoms with van der Waals surface area (Å²) >= 11 is 0.